The molecule has 0 atom stereocenters. The van der Waals surface area contributed by atoms with E-state index < -0.39 is 0 Å². The van der Waals surface area contributed by atoms with Crippen LogP contribution in [-0.4, -0.2) is 24.1 Å². The highest BCUT2D eigenvalue weighted by Gasteiger charge is 2.36. The highest BCUT2D eigenvalue weighted by atomic mass is 16.5. The molecule has 0 aromatic carbocycles. The molecule has 1 aromatic heterocycles. The number of nitrogens with one attached hydrogen (secondary N) is 1. The van der Waals surface area contributed by atoms with Gasteiger partial charge in [-0.15, -0.1) is 0 Å². The van der Waals surface area contributed by atoms with E-state index >= 15 is 0 Å². The zero-order valence-electron chi connectivity index (χ0n) is 12.3. The molecule has 4 nitrogen and oxygen atoms in total. The molecule has 0 spiro atoms. The lowest BCUT2D eigenvalue weighted by Crippen LogP contribution is -2.31. The molecule has 0 amide bonds. The number of methoxy groups -OCH3 is 1. The van der Waals surface area contributed by atoms with Crippen molar-refractivity contribution in [3.63, 3.8) is 0 Å². The van der Waals surface area contributed by atoms with Crippen molar-refractivity contribution < 1.29 is 4.74 Å². The van der Waals surface area contributed by atoms with Crippen LogP contribution in [0.15, 0.2) is 6.07 Å². The molecule has 0 saturated heterocycles. The van der Waals surface area contributed by atoms with Crippen LogP contribution in [0.1, 0.15) is 55.7 Å². The van der Waals surface area contributed by atoms with Crippen molar-refractivity contribution in [2.75, 3.05) is 14.2 Å². The second kappa shape index (κ2) is 6.44. The standard InChI is InChI=1S/C15H25N3O/c1-12-10-13(11-16-2)18-14(17-12)15(19-3)8-6-4-5-7-9-15/h10,16H,4-9,11H2,1-3H3. The van der Waals surface area contributed by atoms with E-state index in [4.69, 9.17) is 9.72 Å². The largest absolute Gasteiger partial charge is 0.370 e. The van der Waals surface area contributed by atoms with Gasteiger partial charge in [-0.3, -0.25) is 0 Å². The molecule has 1 heterocycles. The van der Waals surface area contributed by atoms with Gasteiger partial charge < -0.3 is 10.1 Å². The maximum atomic E-state index is 5.89. The van der Waals surface area contributed by atoms with Crippen molar-refractivity contribution in [2.45, 2.75) is 57.6 Å². The first-order valence-electron chi connectivity index (χ1n) is 7.25. The Bertz CT molecular complexity index is 412. The van der Waals surface area contributed by atoms with Crippen molar-refractivity contribution in [3.8, 4) is 0 Å². The molecule has 0 unspecified atom stereocenters. The Hall–Kier alpha value is -1.00. The first-order chi connectivity index (χ1) is 9.20. The normalized spacial score (nSPS) is 19.1. The van der Waals surface area contributed by atoms with Gasteiger partial charge in [0, 0.05) is 19.3 Å². The molecule has 0 bridgehead atoms. The summed E-state index contributed by atoms with van der Waals surface area (Å²) in [5.41, 5.74) is 1.80. The van der Waals surface area contributed by atoms with E-state index in [1.54, 1.807) is 7.11 Å². The van der Waals surface area contributed by atoms with Gasteiger partial charge in [0.25, 0.3) is 0 Å². The lowest BCUT2D eigenvalue weighted by atomic mass is 9.93. The fraction of sp³-hybridized carbons (Fsp3) is 0.733. The summed E-state index contributed by atoms with van der Waals surface area (Å²) in [4.78, 5) is 9.39. The summed E-state index contributed by atoms with van der Waals surface area (Å²) in [5.74, 6) is 0.877. The van der Waals surface area contributed by atoms with E-state index in [0.717, 1.165) is 36.6 Å². The average molecular weight is 263 g/mol. The van der Waals surface area contributed by atoms with Gasteiger partial charge in [0.1, 0.15) is 5.60 Å². The van der Waals surface area contributed by atoms with Crippen molar-refractivity contribution in [1.82, 2.24) is 15.3 Å². The monoisotopic (exact) mass is 263 g/mol. The van der Waals surface area contributed by atoms with Crippen LogP contribution in [0.4, 0.5) is 0 Å². The maximum absolute atomic E-state index is 5.89. The molecule has 1 aromatic rings. The topological polar surface area (TPSA) is 47.0 Å². The summed E-state index contributed by atoms with van der Waals surface area (Å²) in [6.45, 7) is 2.81. The molecule has 1 aliphatic rings. The number of rotatable bonds is 4. The third kappa shape index (κ3) is 3.31. The van der Waals surface area contributed by atoms with Gasteiger partial charge in [0.2, 0.25) is 0 Å². The van der Waals surface area contributed by atoms with Crippen molar-refractivity contribution >= 4 is 0 Å². The third-order valence-electron chi connectivity index (χ3n) is 3.97. The zero-order valence-corrected chi connectivity index (χ0v) is 12.3. The Morgan fingerprint density at radius 1 is 1.21 bits per heavy atom. The van der Waals surface area contributed by atoms with E-state index in [9.17, 15) is 0 Å². The highest BCUT2D eigenvalue weighted by Crippen LogP contribution is 2.37. The minimum atomic E-state index is -0.273. The Kier molecular flexibility index (Phi) is 4.88. The van der Waals surface area contributed by atoms with Crippen LogP contribution >= 0.6 is 0 Å². The van der Waals surface area contributed by atoms with E-state index in [0.29, 0.717) is 0 Å². The molecule has 4 heteroatoms. The van der Waals surface area contributed by atoms with Crippen LogP contribution in [0.3, 0.4) is 0 Å². The molecule has 1 N–H and O–H groups in total. The van der Waals surface area contributed by atoms with Crippen LogP contribution in [0.2, 0.25) is 0 Å². The van der Waals surface area contributed by atoms with Gasteiger partial charge in [0.05, 0.1) is 5.69 Å². The summed E-state index contributed by atoms with van der Waals surface area (Å²) < 4.78 is 5.89. The molecule has 0 aliphatic heterocycles. The summed E-state index contributed by atoms with van der Waals surface area (Å²) >= 11 is 0. The molecule has 1 aliphatic carbocycles. The van der Waals surface area contributed by atoms with Crippen molar-refractivity contribution in [2.24, 2.45) is 0 Å². The van der Waals surface area contributed by atoms with Gasteiger partial charge in [-0.05, 0) is 32.9 Å². The average Bonchev–Trinajstić information content (AvgIpc) is 2.64. The summed E-state index contributed by atoms with van der Waals surface area (Å²) in [6, 6.07) is 2.04. The van der Waals surface area contributed by atoms with Crippen LogP contribution < -0.4 is 5.32 Å². The Labute approximate surface area is 116 Å². The predicted octanol–water partition coefficient (Wildman–Crippen LogP) is 2.70. The quantitative estimate of drug-likeness (QED) is 0.848. The Balaban J connectivity index is 2.35. The van der Waals surface area contributed by atoms with E-state index in [1.807, 2.05) is 20.0 Å². The molecule has 1 saturated carbocycles. The van der Waals surface area contributed by atoms with Gasteiger partial charge >= 0.3 is 0 Å². The number of nitrogens with zero attached hydrogens (tertiary/aromatic N) is 2. The molecule has 0 radical (unpaired) electrons. The van der Waals surface area contributed by atoms with Gasteiger partial charge in [-0.2, -0.15) is 0 Å². The van der Waals surface area contributed by atoms with Crippen LogP contribution in [0.5, 0.6) is 0 Å². The number of hydrogen-bond donors (Lipinski definition) is 1. The highest BCUT2D eigenvalue weighted by molar-refractivity contribution is 5.14. The number of aromatic nitrogens is 2. The van der Waals surface area contributed by atoms with Gasteiger partial charge in [0.15, 0.2) is 5.82 Å². The minimum Gasteiger partial charge on any atom is -0.370 e. The summed E-state index contributed by atoms with van der Waals surface area (Å²) in [5, 5.41) is 3.15. The summed E-state index contributed by atoms with van der Waals surface area (Å²) in [7, 11) is 3.74. The van der Waals surface area contributed by atoms with E-state index in [-0.39, 0.29) is 5.60 Å². The fourth-order valence-electron chi connectivity index (χ4n) is 2.93. The number of ether oxygens (including phenoxy) is 1. The molecule has 106 valence electrons. The SMILES string of the molecule is CNCc1cc(C)nc(C2(OC)CCCCCC2)n1. The van der Waals surface area contributed by atoms with E-state index in [1.165, 1.54) is 25.7 Å². The maximum Gasteiger partial charge on any atom is 0.160 e. The number of hydrogen-bond acceptors (Lipinski definition) is 4. The fourth-order valence-corrected chi connectivity index (χ4v) is 2.93. The minimum absolute atomic E-state index is 0.273. The summed E-state index contributed by atoms with van der Waals surface area (Å²) in [6.07, 6.45) is 7.05. The van der Waals surface area contributed by atoms with Crippen LogP contribution in [0.25, 0.3) is 0 Å². The first-order valence-corrected chi connectivity index (χ1v) is 7.25. The molecular weight excluding hydrogens is 238 g/mol. The number of aryl methyl sites for hydroxylation is 1. The van der Waals surface area contributed by atoms with Crippen LogP contribution in [-0.2, 0) is 16.9 Å². The van der Waals surface area contributed by atoms with Crippen molar-refractivity contribution in [1.29, 1.82) is 0 Å². The lowest BCUT2D eigenvalue weighted by molar-refractivity contribution is -0.0354. The predicted molar refractivity (Wildman–Crippen MR) is 75.9 cm³/mol. The van der Waals surface area contributed by atoms with Gasteiger partial charge in [-0.1, -0.05) is 25.7 Å². The first kappa shape index (κ1) is 14.4. The smallest absolute Gasteiger partial charge is 0.160 e. The second-order valence-corrected chi connectivity index (χ2v) is 5.47. The van der Waals surface area contributed by atoms with Crippen LogP contribution in [0, 0.1) is 6.92 Å². The molecule has 19 heavy (non-hydrogen) atoms. The van der Waals surface area contributed by atoms with E-state index in [2.05, 4.69) is 10.3 Å². The van der Waals surface area contributed by atoms with Crippen molar-refractivity contribution in [3.05, 3.63) is 23.3 Å². The molecular formula is C15H25N3O. The molecule has 1 fully saturated rings. The lowest BCUT2D eigenvalue weighted by Gasteiger charge is -2.30. The second-order valence-electron chi connectivity index (χ2n) is 5.47. The Morgan fingerprint density at radius 3 is 2.47 bits per heavy atom. The van der Waals surface area contributed by atoms with Gasteiger partial charge in [-0.25, -0.2) is 9.97 Å². The molecule has 2 rings (SSSR count). The zero-order chi connectivity index (χ0) is 13.7. The Morgan fingerprint density at radius 2 is 1.89 bits per heavy atom. The third-order valence-corrected chi connectivity index (χ3v) is 3.97.